The molecule has 0 aromatic rings. The summed E-state index contributed by atoms with van der Waals surface area (Å²) in [6.07, 6.45) is 0. The Balaban J connectivity index is 2.34. The van der Waals surface area contributed by atoms with Gasteiger partial charge in [-0.3, -0.25) is 0 Å². The first-order valence-corrected chi connectivity index (χ1v) is 1.65. The van der Waals surface area contributed by atoms with E-state index in [4.69, 9.17) is 0 Å². The van der Waals surface area contributed by atoms with Crippen LogP contribution in [0.3, 0.4) is 0 Å². The van der Waals surface area contributed by atoms with E-state index < -0.39 is 0 Å². The zero-order valence-electron chi connectivity index (χ0n) is 3.64. The molecule has 6 heavy (non-hydrogen) atoms. The third-order valence-corrected chi connectivity index (χ3v) is 0.311. The molecular formula is C4H8O2. The monoisotopic (exact) mass is 88.1 g/mol. The van der Waals surface area contributed by atoms with Gasteiger partial charge in [0.2, 0.25) is 0 Å². The zero-order chi connectivity index (χ0) is 4.83. The van der Waals surface area contributed by atoms with Gasteiger partial charge < -0.3 is 9.47 Å². The molecule has 0 fully saturated rings. The Bertz CT molecular complexity index is 17.5. The van der Waals surface area contributed by atoms with Gasteiger partial charge in [0.25, 0.3) is 0 Å². The lowest BCUT2D eigenvalue weighted by molar-refractivity contribution is -0.00185. The maximum atomic E-state index is 4.59. The van der Waals surface area contributed by atoms with Crippen LogP contribution in [0, 0.1) is 14.0 Å². The van der Waals surface area contributed by atoms with Crippen molar-refractivity contribution in [3.05, 3.63) is 14.0 Å². The summed E-state index contributed by atoms with van der Waals surface area (Å²) in [4.78, 5) is 0. The lowest BCUT2D eigenvalue weighted by Gasteiger charge is -1.92. The number of hydrogen-bond acceptors (Lipinski definition) is 2. The first kappa shape index (κ1) is 5.92. The highest BCUT2D eigenvalue weighted by molar-refractivity contribution is 4.23. The summed E-state index contributed by atoms with van der Waals surface area (Å²) in [7, 11) is 3.07. The first-order chi connectivity index (χ1) is 2.91. The van der Waals surface area contributed by atoms with Crippen molar-refractivity contribution in [1.29, 1.82) is 0 Å². The molecule has 0 saturated heterocycles. The molecule has 0 atom stereocenters. The second kappa shape index (κ2) is 4.92. The molecule has 0 unspecified atom stereocenters. The van der Waals surface area contributed by atoms with Crippen LogP contribution in [0.4, 0.5) is 0 Å². The Morgan fingerprint density at radius 1 is 1.50 bits per heavy atom. The number of rotatable bonds is 3. The lowest BCUT2D eigenvalue weighted by atomic mass is 10.9. The molecule has 0 bridgehead atoms. The van der Waals surface area contributed by atoms with Crippen LogP contribution in [-0.2, 0) is 9.47 Å². The molecule has 0 rings (SSSR count). The van der Waals surface area contributed by atoms with Gasteiger partial charge in [0.15, 0.2) is 0 Å². The maximum absolute atomic E-state index is 4.59. The first-order valence-electron chi connectivity index (χ1n) is 1.65. The minimum atomic E-state index is 0.240. The molecular weight excluding hydrogens is 80.0 g/mol. The molecule has 36 valence electrons. The zero-order valence-corrected chi connectivity index (χ0v) is 3.64. The SMILES string of the molecule is [CH2]COCO[CH2]. The smallest absolute Gasteiger partial charge is 0.146 e. The lowest BCUT2D eigenvalue weighted by Crippen LogP contribution is -1.92. The van der Waals surface area contributed by atoms with Crippen LogP contribution in [0.2, 0.25) is 0 Å². The highest BCUT2D eigenvalue weighted by Crippen LogP contribution is 1.70. The van der Waals surface area contributed by atoms with Gasteiger partial charge >= 0.3 is 0 Å². The summed E-state index contributed by atoms with van der Waals surface area (Å²) >= 11 is 0. The van der Waals surface area contributed by atoms with E-state index in [1.807, 2.05) is 0 Å². The molecule has 0 heterocycles. The van der Waals surface area contributed by atoms with E-state index in [1.165, 1.54) is 0 Å². The Kier molecular flexibility index (Phi) is 4.85. The Hall–Kier alpha value is -0.0800. The van der Waals surface area contributed by atoms with Crippen molar-refractivity contribution in [1.82, 2.24) is 0 Å². The fraction of sp³-hybridized carbons (Fsp3) is 0.500. The summed E-state index contributed by atoms with van der Waals surface area (Å²) in [6, 6.07) is 0. The van der Waals surface area contributed by atoms with Crippen molar-refractivity contribution in [3.63, 3.8) is 0 Å². The molecule has 0 spiro atoms. The Morgan fingerprint density at radius 2 is 2.17 bits per heavy atom. The van der Waals surface area contributed by atoms with Crippen molar-refractivity contribution >= 4 is 0 Å². The van der Waals surface area contributed by atoms with Gasteiger partial charge in [-0.05, 0) is 6.92 Å². The van der Waals surface area contributed by atoms with E-state index in [0.717, 1.165) is 0 Å². The van der Waals surface area contributed by atoms with E-state index in [2.05, 4.69) is 23.5 Å². The minimum absolute atomic E-state index is 0.240. The molecule has 0 aliphatic heterocycles. The van der Waals surface area contributed by atoms with Gasteiger partial charge in [-0.15, -0.1) is 0 Å². The standard InChI is InChI=1S/C4H8O2/c1-3-6-4-5-2/h1-4H2. The molecule has 0 aromatic heterocycles. The van der Waals surface area contributed by atoms with Crippen molar-refractivity contribution in [3.8, 4) is 0 Å². The van der Waals surface area contributed by atoms with Gasteiger partial charge in [-0.1, -0.05) is 0 Å². The summed E-state index contributed by atoms with van der Waals surface area (Å²) < 4.78 is 8.86. The summed E-state index contributed by atoms with van der Waals surface area (Å²) in [6.45, 7) is 4.07. The predicted molar refractivity (Wildman–Crippen MR) is 22.6 cm³/mol. The van der Waals surface area contributed by atoms with Crippen LogP contribution in [0.25, 0.3) is 0 Å². The van der Waals surface area contributed by atoms with Crippen molar-refractivity contribution in [2.45, 2.75) is 0 Å². The third kappa shape index (κ3) is 3.92. The van der Waals surface area contributed by atoms with Gasteiger partial charge in [-0.25, -0.2) is 0 Å². The van der Waals surface area contributed by atoms with Crippen molar-refractivity contribution in [2.75, 3.05) is 13.4 Å². The normalized spacial score (nSPS) is 9.00. The maximum Gasteiger partial charge on any atom is 0.146 e. The molecule has 0 N–H and O–H groups in total. The molecule has 2 nitrogen and oxygen atoms in total. The highest BCUT2D eigenvalue weighted by atomic mass is 16.7. The fourth-order valence-electron chi connectivity index (χ4n) is 0.118. The minimum Gasteiger partial charge on any atom is -0.355 e. The Morgan fingerprint density at radius 3 is 2.33 bits per heavy atom. The molecule has 0 aromatic carbocycles. The Labute approximate surface area is 38.1 Å². The third-order valence-electron chi connectivity index (χ3n) is 0.311. The number of ether oxygens (including phenoxy) is 2. The van der Waals surface area contributed by atoms with E-state index in [9.17, 15) is 0 Å². The van der Waals surface area contributed by atoms with Crippen LogP contribution in [0.5, 0.6) is 0 Å². The number of hydrogen-bond donors (Lipinski definition) is 0. The predicted octanol–water partition coefficient (Wildman–Crippen LogP) is 0.603. The average Bonchev–Trinajstić information content (AvgIpc) is 1.61. The van der Waals surface area contributed by atoms with Gasteiger partial charge in [0.05, 0.1) is 7.11 Å². The molecule has 0 saturated carbocycles. The van der Waals surface area contributed by atoms with E-state index in [1.54, 1.807) is 0 Å². The van der Waals surface area contributed by atoms with Crippen molar-refractivity contribution < 1.29 is 9.47 Å². The summed E-state index contributed by atoms with van der Waals surface area (Å²) in [5, 5.41) is 0. The van der Waals surface area contributed by atoms with Crippen LogP contribution < -0.4 is 0 Å². The largest absolute Gasteiger partial charge is 0.355 e. The van der Waals surface area contributed by atoms with E-state index in [0.29, 0.717) is 6.61 Å². The van der Waals surface area contributed by atoms with Crippen LogP contribution >= 0.6 is 0 Å². The highest BCUT2D eigenvalue weighted by Gasteiger charge is 1.71. The molecule has 0 aliphatic carbocycles. The van der Waals surface area contributed by atoms with Gasteiger partial charge in [0, 0.05) is 6.61 Å². The van der Waals surface area contributed by atoms with E-state index in [-0.39, 0.29) is 6.79 Å². The van der Waals surface area contributed by atoms with Crippen LogP contribution in [0.15, 0.2) is 0 Å². The summed E-state index contributed by atoms with van der Waals surface area (Å²) in [5.41, 5.74) is 0. The quantitative estimate of drug-likeness (QED) is 0.371. The van der Waals surface area contributed by atoms with Crippen molar-refractivity contribution in [2.24, 2.45) is 0 Å². The second-order valence-corrected chi connectivity index (χ2v) is 0.730. The second-order valence-electron chi connectivity index (χ2n) is 0.730. The summed E-state index contributed by atoms with van der Waals surface area (Å²) in [5.74, 6) is 0. The molecule has 0 amide bonds. The van der Waals surface area contributed by atoms with Crippen LogP contribution in [0.1, 0.15) is 0 Å². The van der Waals surface area contributed by atoms with E-state index >= 15 is 0 Å². The van der Waals surface area contributed by atoms with Gasteiger partial charge in [0.1, 0.15) is 6.79 Å². The van der Waals surface area contributed by atoms with Gasteiger partial charge in [-0.2, -0.15) is 0 Å². The topological polar surface area (TPSA) is 18.5 Å². The molecule has 2 heteroatoms. The molecule has 2 radical (unpaired) electrons. The average molecular weight is 88.1 g/mol. The van der Waals surface area contributed by atoms with Crippen LogP contribution in [-0.4, -0.2) is 13.4 Å². The fourth-order valence-corrected chi connectivity index (χ4v) is 0.118. The molecule has 0 aliphatic rings.